The first-order valence-corrected chi connectivity index (χ1v) is 8.19. The maximum atomic E-state index is 9.35. The summed E-state index contributed by atoms with van der Waals surface area (Å²) in [5.41, 5.74) is 2.54. The van der Waals surface area contributed by atoms with Gasteiger partial charge in [-0.2, -0.15) is 0 Å². The van der Waals surface area contributed by atoms with E-state index in [4.69, 9.17) is 9.47 Å². The molecule has 0 unspecified atom stereocenters. The largest absolute Gasteiger partial charge is 0.508 e. The number of aliphatic hydroxyl groups excluding tert-OH is 1. The minimum atomic E-state index is -0.0895. The molecular formula is C21H20O5. The Labute approximate surface area is 151 Å². The number of aliphatic hydroxyl groups is 1. The molecule has 3 N–H and O–H groups in total. The number of aromatic hydroxyl groups is 2. The van der Waals surface area contributed by atoms with E-state index in [0.717, 1.165) is 16.7 Å². The van der Waals surface area contributed by atoms with Crippen LogP contribution in [0.4, 0.5) is 0 Å². The summed E-state index contributed by atoms with van der Waals surface area (Å²) in [6.45, 7) is 0.548. The number of rotatable bonds is 7. The molecule has 0 aliphatic carbocycles. The van der Waals surface area contributed by atoms with Crippen LogP contribution in [0.15, 0.2) is 66.7 Å². The zero-order valence-corrected chi connectivity index (χ0v) is 14.1. The van der Waals surface area contributed by atoms with E-state index in [0.29, 0.717) is 24.7 Å². The summed E-state index contributed by atoms with van der Waals surface area (Å²) in [4.78, 5) is 0. The Morgan fingerprint density at radius 1 is 0.577 bits per heavy atom. The van der Waals surface area contributed by atoms with Gasteiger partial charge in [0.15, 0.2) is 11.5 Å². The lowest BCUT2D eigenvalue weighted by atomic mass is 10.2. The number of hydrogen-bond donors (Lipinski definition) is 3. The van der Waals surface area contributed by atoms with Gasteiger partial charge in [0.1, 0.15) is 24.7 Å². The lowest BCUT2D eigenvalue weighted by molar-refractivity contribution is 0.252. The number of phenolic OH excluding ortho intramolecular Hbond substituents is 2. The number of hydrogen-bond acceptors (Lipinski definition) is 5. The van der Waals surface area contributed by atoms with Gasteiger partial charge >= 0.3 is 0 Å². The van der Waals surface area contributed by atoms with E-state index in [1.54, 1.807) is 66.7 Å². The van der Waals surface area contributed by atoms with Gasteiger partial charge in [0, 0.05) is 0 Å². The Bertz CT molecular complexity index is 841. The lowest BCUT2D eigenvalue weighted by Gasteiger charge is -2.14. The van der Waals surface area contributed by atoms with Gasteiger partial charge in [-0.15, -0.1) is 0 Å². The van der Waals surface area contributed by atoms with Crippen molar-refractivity contribution in [3.63, 3.8) is 0 Å². The third-order valence-electron chi connectivity index (χ3n) is 3.85. The van der Waals surface area contributed by atoms with Crippen molar-refractivity contribution in [3.05, 3.63) is 83.4 Å². The van der Waals surface area contributed by atoms with Crippen LogP contribution in [0.5, 0.6) is 23.0 Å². The molecular weight excluding hydrogens is 332 g/mol. The van der Waals surface area contributed by atoms with Crippen LogP contribution in [0, 0.1) is 0 Å². The van der Waals surface area contributed by atoms with Crippen LogP contribution in [0.3, 0.4) is 0 Å². The first kappa shape index (κ1) is 17.6. The standard InChI is InChI=1S/C21H20O5/c22-12-17-5-10-20(25-13-15-1-6-18(23)7-2-15)21(11-17)26-14-16-3-8-19(24)9-4-16/h1-11,22-24H,12-14H2. The number of benzene rings is 3. The second kappa shape index (κ2) is 8.27. The summed E-state index contributed by atoms with van der Waals surface area (Å²) in [6, 6.07) is 18.8. The first-order valence-electron chi connectivity index (χ1n) is 8.19. The number of ether oxygens (including phenoxy) is 2. The van der Waals surface area contributed by atoms with Crippen molar-refractivity contribution in [1.82, 2.24) is 0 Å². The second-order valence-corrected chi connectivity index (χ2v) is 5.85. The summed E-state index contributed by atoms with van der Waals surface area (Å²) >= 11 is 0. The van der Waals surface area contributed by atoms with Gasteiger partial charge in [0.2, 0.25) is 0 Å². The van der Waals surface area contributed by atoms with Gasteiger partial charge in [-0.1, -0.05) is 30.3 Å². The zero-order valence-electron chi connectivity index (χ0n) is 14.1. The van der Waals surface area contributed by atoms with Gasteiger partial charge < -0.3 is 24.8 Å². The summed E-state index contributed by atoms with van der Waals surface area (Å²) in [5.74, 6) is 1.50. The Balaban J connectivity index is 1.71. The molecule has 0 aliphatic heterocycles. The molecule has 0 aromatic heterocycles. The minimum Gasteiger partial charge on any atom is -0.508 e. The molecule has 0 radical (unpaired) electrons. The lowest BCUT2D eigenvalue weighted by Crippen LogP contribution is -2.01. The molecule has 0 amide bonds. The third-order valence-corrected chi connectivity index (χ3v) is 3.85. The molecule has 0 bridgehead atoms. The summed E-state index contributed by atoms with van der Waals surface area (Å²) in [5, 5.41) is 28.0. The topological polar surface area (TPSA) is 79.2 Å². The van der Waals surface area contributed by atoms with Gasteiger partial charge in [-0.05, 0) is 53.1 Å². The summed E-state index contributed by atoms with van der Waals surface area (Å²) in [7, 11) is 0. The van der Waals surface area contributed by atoms with Gasteiger partial charge in [0.05, 0.1) is 6.61 Å². The first-order chi connectivity index (χ1) is 12.6. The molecule has 0 fully saturated rings. The predicted molar refractivity (Wildman–Crippen MR) is 97.2 cm³/mol. The average molecular weight is 352 g/mol. The third kappa shape index (κ3) is 4.68. The summed E-state index contributed by atoms with van der Waals surface area (Å²) < 4.78 is 11.7. The van der Waals surface area contributed by atoms with Crippen molar-refractivity contribution < 1.29 is 24.8 Å². The van der Waals surface area contributed by atoms with E-state index in [2.05, 4.69) is 0 Å². The Morgan fingerprint density at radius 2 is 1.04 bits per heavy atom. The highest BCUT2D eigenvalue weighted by atomic mass is 16.5. The SMILES string of the molecule is OCc1ccc(OCc2ccc(O)cc2)c(OCc2ccc(O)cc2)c1. The van der Waals surface area contributed by atoms with Crippen LogP contribution in [0.25, 0.3) is 0 Å². The van der Waals surface area contributed by atoms with Crippen LogP contribution < -0.4 is 9.47 Å². The predicted octanol–water partition coefficient (Wildman–Crippen LogP) is 3.75. The van der Waals surface area contributed by atoms with Crippen molar-refractivity contribution in [2.45, 2.75) is 19.8 Å². The van der Waals surface area contributed by atoms with E-state index in [9.17, 15) is 15.3 Å². The molecule has 0 saturated carbocycles. The molecule has 26 heavy (non-hydrogen) atoms. The normalized spacial score (nSPS) is 10.5. The molecule has 134 valence electrons. The molecule has 0 spiro atoms. The van der Waals surface area contributed by atoms with Crippen molar-refractivity contribution in [3.8, 4) is 23.0 Å². The van der Waals surface area contributed by atoms with Crippen molar-refractivity contribution in [2.75, 3.05) is 0 Å². The quantitative estimate of drug-likeness (QED) is 0.603. The fourth-order valence-electron chi connectivity index (χ4n) is 2.39. The highest BCUT2D eigenvalue weighted by Crippen LogP contribution is 2.30. The second-order valence-electron chi connectivity index (χ2n) is 5.85. The molecule has 0 aliphatic rings. The van der Waals surface area contributed by atoms with Crippen molar-refractivity contribution in [2.24, 2.45) is 0 Å². The molecule has 0 saturated heterocycles. The van der Waals surface area contributed by atoms with E-state index in [1.165, 1.54) is 0 Å². The molecule has 3 aromatic rings. The van der Waals surface area contributed by atoms with Crippen molar-refractivity contribution >= 4 is 0 Å². The van der Waals surface area contributed by atoms with E-state index >= 15 is 0 Å². The molecule has 5 heteroatoms. The monoisotopic (exact) mass is 352 g/mol. The molecule has 3 rings (SSSR count). The maximum absolute atomic E-state index is 9.35. The molecule has 0 heterocycles. The molecule has 3 aromatic carbocycles. The maximum Gasteiger partial charge on any atom is 0.162 e. The van der Waals surface area contributed by atoms with Crippen molar-refractivity contribution in [1.29, 1.82) is 0 Å². The van der Waals surface area contributed by atoms with Crippen LogP contribution in [0.1, 0.15) is 16.7 Å². The van der Waals surface area contributed by atoms with E-state index in [-0.39, 0.29) is 18.1 Å². The van der Waals surface area contributed by atoms with Gasteiger partial charge in [0.25, 0.3) is 0 Å². The van der Waals surface area contributed by atoms with Gasteiger partial charge in [-0.25, -0.2) is 0 Å². The average Bonchev–Trinajstić information content (AvgIpc) is 2.67. The van der Waals surface area contributed by atoms with Crippen LogP contribution in [-0.2, 0) is 19.8 Å². The summed E-state index contributed by atoms with van der Waals surface area (Å²) in [6.07, 6.45) is 0. The Hall–Kier alpha value is -3.18. The fourth-order valence-corrected chi connectivity index (χ4v) is 2.39. The highest BCUT2D eigenvalue weighted by molar-refractivity contribution is 5.43. The smallest absolute Gasteiger partial charge is 0.162 e. The molecule has 5 nitrogen and oxygen atoms in total. The van der Waals surface area contributed by atoms with Crippen LogP contribution >= 0.6 is 0 Å². The van der Waals surface area contributed by atoms with E-state index < -0.39 is 0 Å². The Kier molecular flexibility index (Phi) is 5.61. The van der Waals surface area contributed by atoms with E-state index in [1.807, 2.05) is 0 Å². The number of phenols is 2. The fraction of sp³-hybridized carbons (Fsp3) is 0.143. The van der Waals surface area contributed by atoms with Crippen LogP contribution in [0.2, 0.25) is 0 Å². The Morgan fingerprint density at radius 3 is 1.54 bits per heavy atom. The highest BCUT2D eigenvalue weighted by Gasteiger charge is 2.08. The van der Waals surface area contributed by atoms with Crippen LogP contribution in [-0.4, -0.2) is 15.3 Å². The van der Waals surface area contributed by atoms with Gasteiger partial charge in [-0.3, -0.25) is 0 Å². The molecule has 0 atom stereocenters. The zero-order chi connectivity index (χ0) is 18.4. The minimum absolute atomic E-state index is 0.0895.